The summed E-state index contributed by atoms with van der Waals surface area (Å²) in [6.45, 7) is 1.62. The molecule has 0 N–H and O–H groups in total. The molecular formula is C27H24ClN5O3. The van der Waals surface area contributed by atoms with E-state index in [0.29, 0.717) is 41.0 Å². The molecule has 182 valence electrons. The highest BCUT2D eigenvalue weighted by atomic mass is 35.5. The number of carbonyl (C=O) groups excluding carboxylic acids is 1. The Balaban J connectivity index is 1.14. The maximum atomic E-state index is 12.8. The molecule has 2 aromatic carbocycles. The van der Waals surface area contributed by atoms with E-state index in [2.05, 4.69) is 20.8 Å². The van der Waals surface area contributed by atoms with Crippen LogP contribution in [-0.2, 0) is 17.8 Å². The van der Waals surface area contributed by atoms with Crippen molar-refractivity contribution in [2.45, 2.75) is 44.4 Å². The zero-order valence-corrected chi connectivity index (χ0v) is 20.3. The number of rotatable bonds is 5. The van der Waals surface area contributed by atoms with Crippen molar-refractivity contribution < 1.29 is 14.1 Å². The molecule has 36 heavy (non-hydrogen) atoms. The Hall–Kier alpha value is -3.83. The zero-order valence-electron chi connectivity index (χ0n) is 19.6. The van der Waals surface area contributed by atoms with Crippen molar-refractivity contribution in [2.75, 3.05) is 6.54 Å². The van der Waals surface area contributed by atoms with Crippen LogP contribution in [-0.4, -0.2) is 37.8 Å². The number of ether oxygens (including phenoxy) is 1. The third-order valence-electron chi connectivity index (χ3n) is 7.20. The summed E-state index contributed by atoms with van der Waals surface area (Å²) < 4.78 is 13.6. The van der Waals surface area contributed by atoms with Crippen LogP contribution in [0.4, 0.5) is 4.79 Å². The lowest BCUT2D eigenvalue weighted by molar-refractivity contribution is 0.00414. The number of fused-ring (bicyclic) bond motifs is 1. The van der Waals surface area contributed by atoms with Crippen molar-refractivity contribution in [3.8, 4) is 17.3 Å². The van der Waals surface area contributed by atoms with Crippen molar-refractivity contribution >= 4 is 28.7 Å². The van der Waals surface area contributed by atoms with Gasteiger partial charge in [-0.1, -0.05) is 28.9 Å². The zero-order chi connectivity index (χ0) is 24.7. The number of nitrogens with zero attached hydrogens (tertiary/aromatic N) is 5. The topological polar surface area (TPSA) is 97.2 Å². The largest absolute Gasteiger partial charge is 0.441 e. The molecule has 1 spiro atoms. The quantitative estimate of drug-likeness (QED) is 0.343. The first kappa shape index (κ1) is 22.6. The number of halogens is 1. The lowest BCUT2D eigenvalue weighted by Crippen LogP contribution is -2.40. The van der Waals surface area contributed by atoms with Gasteiger partial charge in [0.2, 0.25) is 0 Å². The predicted molar refractivity (Wildman–Crippen MR) is 133 cm³/mol. The Morgan fingerprint density at radius 1 is 1.19 bits per heavy atom. The van der Waals surface area contributed by atoms with Crippen molar-refractivity contribution in [3.05, 3.63) is 71.2 Å². The Bertz CT molecular complexity index is 1470. The second kappa shape index (κ2) is 8.99. The molecule has 4 aromatic rings. The molecule has 1 aliphatic heterocycles. The van der Waals surface area contributed by atoms with Gasteiger partial charge in [-0.25, -0.2) is 9.78 Å². The van der Waals surface area contributed by atoms with Gasteiger partial charge in [0.25, 0.3) is 0 Å². The number of hydrogen-bond donors (Lipinski definition) is 0. The van der Waals surface area contributed by atoms with Gasteiger partial charge in [-0.05, 0) is 61.9 Å². The predicted octanol–water partition coefficient (Wildman–Crippen LogP) is 5.80. The minimum atomic E-state index is -0.493. The molecule has 8 nitrogen and oxygen atoms in total. The van der Waals surface area contributed by atoms with Gasteiger partial charge in [-0.15, -0.1) is 0 Å². The summed E-state index contributed by atoms with van der Waals surface area (Å²) in [4.78, 5) is 19.0. The van der Waals surface area contributed by atoms with E-state index < -0.39 is 5.60 Å². The van der Waals surface area contributed by atoms with Gasteiger partial charge in [0.15, 0.2) is 5.76 Å². The molecule has 1 amide bonds. The number of amides is 1. The summed E-state index contributed by atoms with van der Waals surface area (Å²) in [5, 5.41) is 14.1. The van der Waals surface area contributed by atoms with Crippen LogP contribution in [0.2, 0.25) is 5.02 Å². The van der Waals surface area contributed by atoms with Crippen LogP contribution in [0.5, 0.6) is 0 Å². The first-order chi connectivity index (χ1) is 17.5. The first-order valence-corrected chi connectivity index (χ1v) is 12.4. The van der Waals surface area contributed by atoms with E-state index in [-0.39, 0.29) is 6.09 Å². The standard InChI is InChI=1S/C27H24ClN5O3/c28-21-6-4-20(5-7-21)24-11-22(36-31-24)15-32-16-27(35-26(32)34)9-1-2-19(12-27)14-33-17-30-23-8-3-18(13-29)10-25(23)33/h3-8,10-11,17,19H,1-2,9,12,14-16H2/t19-,27-/m0/s1. The van der Waals surface area contributed by atoms with E-state index in [0.717, 1.165) is 48.8 Å². The maximum absolute atomic E-state index is 12.8. The SMILES string of the molecule is N#Cc1ccc2ncn(C[C@H]3CCC[C@]4(C3)CN(Cc3cc(-c5ccc(Cl)cc5)no3)C(=O)O4)c2c1. The molecule has 1 aliphatic carbocycles. The molecule has 3 heterocycles. The van der Waals surface area contributed by atoms with E-state index >= 15 is 0 Å². The van der Waals surface area contributed by atoms with Gasteiger partial charge >= 0.3 is 6.09 Å². The second-order valence-corrected chi connectivity index (χ2v) is 10.2. The molecule has 2 aliphatic rings. The van der Waals surface area contributed by atoms with Gasteiger partial charge in [-0.2, -0.15) is 5.26 Å². The average Bonchev–Trinajstić information content (AvgIpc) is 3.58. The Morgan fingerprint density at radius 3 is 2.89 bits per heavy atom. The van der Waals surface area contributed by atoms with Gasteiger partial charge < -0.3 is 13.8 Å². The summed E-state index contributed by atoms with van der Waals surface area (Å²) in [7, 11) is 0. The summed E-state index contributed by atoms with van der Waals surface area (Å²) in [5.41, 5.74) is 3.57. The number of benzene rings is 2. The molecule has 0 unspecified atom stereocenters. The van der Waals surface area contributed by atoms with Crippen molar-refractivity contribution in [1.29, 1.82) is 5.26 Å². The molecule has 0 radical (unpaired) electrons. The number of imidazole rings is 1. The normalized spacial score (nSPS) is 21.7. The van der Waals surface area contributed by atoms with Crippen LogP contribution in [0.15, 0.2) is 59.4 Å². The minimum absolute atomic E-state index is 0.313. The fourth-order valence-corrected chi connectivity index (χ4v) is 5.66. The van der Waals surface area contributed by atoms with E-state index in [4.69, 9.17) is 20.9 Å². The lowest BCUT2D eigenvalue weighted by atomic mass is 9.78. The van der Waals surface area contributed by atoms with E-state index in [1.165, 1.54) is 0 Å². The van der Waals surface area contributed by atoms with Gasteiger partial charge in [0.05, 0.1) is 42.1 Å². The molecule has 2 fully saturated rings. The molecule has 2 atom stereocenters. The van der Waals surface area contributed by atoms with Crippen LogP contribution in [0.1, 0.15) is 37.0 Å². The van der Waals surface area contributed by atoms with Crippen LogP contribution in [0, 0.1) is 17.2 Å². The molecule has 6 rings (SSSR count). The van der Waals surface area contributed by atoms with Crippen molar-refractivity contribution in [1.82, 2.24) is 19.6 Å². The van der Waals surface area contributed by atoms with Gasteiger partial charge in [-0.3, -0.25) is 4.90 Å². The van der Waals surface area contributed by atoms with E-state index in [1.807, 2.05) is 36.7 Å². The lowest BCUT2D eigenvalue weighted by Gasteiger charge is -2.36. The highest BCUT2D eigenvalue weighted by Gasteiger charge is 2.48. The molecule has 9 heteroatoms. The summed E-state index contributed by atoms with van der Waals surface area (Å²) in [6, 6.07) is 17.0. The molecular weight excluding hydrogens is 478 g/mol. The van der Waals surface area contributed by atoms with Crippen molar-refractivity contribution in [3.63, 3.8) is 0 Å². The number of nitriles is 1. The van der Waals surface area contributed by atoms with E-state index in [9.17, 15) is 10.1 Å². The Morgan fingerprint density at radius 2 is 2.06 bits per heavy atom. The molecule has 2 aromatic heterocycles. The van der Waals surface area contributed by atoms with Crippen LogP contribution >= 0.6 is 11.6 Å². The minimum Gasteiger partial charge on any atom is -0.441 e. The van der Waals surface area contributed by atoms with Crippen molar-refractivity contribution in [2.24, 2.45) is 5.92 Å². The smallest absolute Gasteiger partial charge is 0.410 e. The molecule has 0 bridgehead atoms. The number of hydrogen-bond acceptors (Lipinski definition) is 6. The van der Waals surface area contributed by atoms with Crippen LogP contribution < -0.4 is 0 Å². The van der Waals surface area contributed by atoms with Gasteiger partial charge in [0, 0.05) is 23.2 Å². The van der Waals surface area contributed by atoms with Gasteiger partial charge in [0.1, 0.15) is 11.3 Å². The van der Waals surface area contributed by atoms with Crippen LogP contribution in [0.25, 0.3) is 22.3 Å². The fourth-order valence-electron chi connectivity index (χ4n) is 5.53. The molecule has 1 saturated heterocycles. The summed E-state index contributed by atoms with van der Waals surface area (Å²) in [5.74, 6) is 0.955. The highest BCUT2D eigenvalue weighted by Crippen LogP contribution is 2.41. The summed E-state index contributed by atoms with van der Waals surface area (Å²) in [6.07, 6.45) is 5.21. The summed E-state index contributed by atoms with van der Waals surface area (Å²) >= 11 is 5.97. The molecule has 1 saturated carbocycles. The average molecular weight is 502 g/mol. The second-order valence-electron chi connectivity index (χ2n) is 9.77. The monoisotopic (exact) mass is 501 g/mol. The maximum Gasteiger partial charge on any atom is 0.410 e. The third kappa shape index (κ3) is 4.31. The Labute approximate surface area is 213 Å². The van der Waals surface area contributed by atoms with Crippen LogP contribution in [0.3, 0.4) is 0 Å². The Kier molecular flexibility index (Phi) is 5.65. The number of carbonyl (C=O) groups is 1. The first-order valence-electron chi connectivity index (χ1n) is 12.0. The van der Waals surface area contributed by atoms with E-state index in [1.54, 1.807) is 23.1 Å². The highest BCUT2D eigenvalue weighted by molar-refractivity contribution is 6.30. The number of aromatic nitrogens is 3. The fraction of sp³-hybridized carbons (Fsp3) is 0.333. The third-order valence-corrected chi connectivity index (χ3v) is 7.45.